The third kappa shape index (κ3) is 13.5. The Morgan fingerprint density at radius 1 is 0.896 bits per heavy atom. The van der Waals surface area contributed by atoms with E-state index in [0.29, 0.717) is 65.5 Å². The van der Waals surface area contributed by atoms with E-state index < -0.39 is 36.0 Å². The number of nitrogens with two attached hydrogens (primary N) is 1. The maximum Gasteiger partial charge on any atom is 0.410 e. The van der Waals surface area contributed by atoms with E-state index in [4.69, 9.17) is 15.5 Å². The summed E-state index contributed by atoms with van der Waals surface area (Å²) in [5.41, 5.74) is 10.5. The van der Waals surface area contributed by atoms with Gasteiger partial charge in [-0.25, -0.2) is 24.1 Å². The molecule has 0 saturated carbocycles. The fourth-order valence-corrected chi connectivity index (χ4v) is 7.20. The molecule has 21 nitrogen and oxygen atoms in total. The van der Waals surface area contributed by atoms with E-state index in [9.17, 15) is 33.6 Å². The molecule has 8 amide bonds. The lowest BCUT2D eigenvalue weighted by Gasteiger charge is -2.25. The molecule has 0 saturated heterocycles. The van der Waals surface area contributed by atoms with Crippen molar-refractivity contribution < 1.29 is 38.3 Å². The van der Waals surface area contributed by atoms with Crippen molar-refractivity contribution in [3.8, 4) is 22.6 Å². The molecule has 0 fully saturated rings. The Hall–Kier alpha value is -7.97. The Morgan fingerprint density at radius 2 is 1.66 bits per heavy atom. The van der Waals surface area contributed by atoms with Gasteiger partial charge in [0.2, 0.25) is 17.7 Å². The van der Waals surface area contributed by atoms with Crippen molar-refractivity contribution in [3.63, 3.8) is 0 Å². The molecule has 4 aromatic heterocycles. The van der Waals surface area contributed by atoms with Gasteiger partial charge in [0.15, 0.2) is 5.65 Å². The van der Waals surface area contributed by atoms with Crippen LogP contribution in [0.1, 0.15) is 69.5 Å². The fraction of sp³-hybridized carbons (Fsp3) is 0.370. The summed E-state index contributed by atoms with van der Waals surface area (Å²) in [6.07, 6.45) is 7.31. The molecular formula is C46H55N13O8. The molecule has 0 radical (unpaired) electrons. The zero-order valence-corrected chi connectivity index (χ0v) is 37.8. The number of fused-ring (bicyclic) bond motifs is 1. The summed E-state index contributed by atoms with van der Waals surface area (Å²) >= 11 is 0. The molecule has 1 unspecified atom stereocenters. The molecule has 1 aliphatic heterocycles. The Morgan fingerprint density at radius 3 is 2.37 bits per heavy atom. The Kier molecular flexibility index (Phi) is 16.5. The first-order valence-corrected chi connectivity index (χ1v) is 21.9. The molecule has 0 spiro atoms. The average Bonchev–Trinajstić information content (AvgIpc) is 4.03. The number of aryl methyl sites for hydroxylation is 1. The van der Waals surface area contributed by atoms with E-state index in [1.165, 1.54) is 23.4 Å². The zero-order valence-electron chi connectivity index (χ0n) is 37.8. The first kappa shape index (κ1) is 48.5. The van der Waals surface area contributed by atoms with E-state index in [1.54, 1.807) is 49.7 Å². The number of primary amides is 1. The number of carbonyl (C=O) groups excluding carboxylic acids is 7. The summed E-state index contributed by atoms with van der Waals surface area (Å²) in [5.74, 6) is -1.99. The number of ether oxygens (including phenoxy) is 1. The molecule has 0 aliphatic carbocycles. The Balaban J connectivity index is 1.01. The van der Waals surface area contributed by atoms with Gasteiger partial charge in [0.05, 0.1) is 17.9 Å². The second-order valence-corrected chi connectivity index (χ2v) is 16.4. The van der Waals surface area contributed by atoms with Gasteiger partial charge < -0.3 is 41.6 Å². The summed E-state index contributed by atoms with van der Waals surface area (Å²) in [7, 11) is 1.60. The van der Waals surface area contributed by atoms with E-state index in [2.05, 4.69) is 41.3 Å². The van der Waals surface area contributed by atoms with E-state index in [1.807, 2.05) is 43.5 Å². The third-order valence-corrected chi connectivity index (χ3v) is 10.8. The molecule has 1 aliphatic rings. The van der Waals surface area contributed by atoms with E-state index >= 15 is 0 Å². The van der Waals surface area contributed by atoms with Gasteiger partial charge in [0.25, 0.3) is 11.8 Å². The lowest BCUT2D eigenvalue weighted by Crippen LogP contribution is -2.54. The zero-order chi connectivity index (χ0) is 48.0. The van der Waals surface area contributed by atoms with Crippen molar-refractivity contribution in [2.45, 2.75) is 84.5 Å². The van der Waals surface area contributed by atoms with Gasteiger partial charge in [-0.15, -0.1) is 0 Å². The van der Waals surface area contributed by atoms with Crippen LogP contribution in [0.4, 0.5) is 15.3 Å². The molecular weight excluding hydrogens is 863 g/mol. The van der Waals surface area contributed by atoms with Crippen molar-refractivity contribution in [1.82, 2.24) is 55.3 Å². The first-order chi connectivity index (χ1) is 32.1. The Bertz CT molecular complexity index is 2600. The lowest BCUT2D eigenvalue weighted by molar-refractivity contribution is -0.137. The van der Waals surface area contributed by atoms with Crippen LogP contribution in [-0.2, 0) is 41.9 Å². The summed E-state index contributed by atoms with van der Waals surface area (Å²) in [6.45, 7) is 5.89. The SMILES string of the molecule is Cc1cccc(-c2nc(CN(C)C(=O)OCc3ccc(NC(=O)[C@H](CCCNC(N)=O)NC(=O)C(NC(=O)CCCCCN4C(=O)C=CC4=O)C(C)C)cc3)[nH]c2-c2ccc3ncnn3c2)n1. The second-order valence-electron chi connectivity index (χ2n) is 16.4. The highest BCUT2D eigenvalue weighted by Gasteiger charge is 2.29. The summed E-state index contributed by atoms with van der Waals surface area (Å²) in [4.78, 5) is 108. The van der Waals surface area contributed by atoms with Gasteiger partial charge in [-0.1, -0.05) is 38.5 Å². The number of aromatic amines is 1. The number of urea groups is 1. The normalized spacial score (nSPS) is 13.1. The highest BCUT2D eigenvalue weighted by molar-refractivity contribution is 6.12. The smallest absolute Gasteiger partial charge is 0.410 e. The maximum absolute atomic E-state index is 13.6. The number of unbranched alkanes of at least 4 members (excludes halogenated alkanes) is 2. The monoisotopic (exact) mass is 917 g/mol. The van der Waals surface area contributed by atoms with Crippen LogP contribution in [0.25, 0.3) is 28.3 Å². The van der Waals surface area contributed by atoms with Gasteiger partial charge in [-0.05, 0) is 80.5 Å². The average molecular weight is 918 g/mol. The summed E-state index contributed by atoms with van der Waals surface area (Å²) < 4.78 is 7.27. The first-order valence-electron chi connectivity index (χ1n) is 21.9. The van der Waals surface area contributed by atoms with Gasteiger partial charge in [-0.2, -0.15) is 5.10 Å². The molecule has 5 aromatic rings. The van der Waals surface area contributed by atoms with Gasteiger partial charge in [-0.3, -0.25) is 33.9 Å². The number of nitrogens with zero attached hydrogens (tertiary/aromatic N) is 7. The van der Waals surface area contributed by atoms with Crippen molar-refractivity contribution in [2.75, 3.05) is 25.5 Å². The molecule has 6 rings (SSSR count). The van der Waals surface area contributed by atoms with Crippen molar-refractivity contribution in [3.05, 3.63) is 96.4 Å². The van der Waals surface area contributed by atoms with E-state index in [-0.39, 0.29) is 62.7 Å². The van der Waals surface area contributed by atoms with Crippen LogP contribution in [-0.4, -0.2) is 113 Å². The number of imidazole rings is 1. The van der Waals surface area contributed by atoms with Crippen molar-refractivity contribution in [2.24, 2.45) is 11.7 Å². The molecule has 7 N–H and O–H groups in total. The highest BCUT2D eigenvalue weighted by Crippen LogP contribution is 2.30. The lowest BCUT2D eigenvalue weighted by atomic mass is 10.0. The van der Waals surface area contributed by atoms with Crippen LogP contribution in [0.3, 0.4) is 0 Å². The van der Waals surface area contributed by atoms with Crippen molar-refractivity contribution >= 4 is 53.0 Å². The largest absolute Gasteiger partial charge is 0.445 e. The number of carbonyl (C=O) groups is 7. The minimum Gasteiger partial charge on any atom is -0.445 e. The molecule has 2 atom stereocenters. The number of imide groups is 1. The van der Waals surface area contributed by atoms with Crippen LogP contribution in [0.15, 0.2) is 79.3 Å². The van der Waals surface area contributed by atoms with Gasteiger partial charge >= 0.3 is 12.1 Å². The standard InChI is InChI=1S/C46H55N13O8/c1-28(2)40(56-37(60)13-6-5-7-23-58-38(61)20-21-39(58)62)44(64)53-34(12-9-22-48-45(47)65)43(63)52-32-17-14-30(15-18-32)26-67-46(66)57(4)25-35-54-41(31-16-19-36-49-27-50-59(36)24-31)42(55-35)33-11-8-10-29(3)51-33/h8,10-11,14-21,24,27-28,34,40H,5-7,9,12-13,22-23,25-26H2,1-4H3,(H,52,63)(H,53,64)(H,54,55)(H,56,60)(H3,47,48,65)/t34-,40?/m0/s1. The number of aromatic nitrogens is 6. The number of H-pyrrole nitrogens is 1. The summed E-state index contributed by atoms with van der Waals surface area (Å²) in [6, 6.07) is 13.3. The number of benzene rings is 1. The van der Waals surface area contributed by atoms with Gasteiger partial charge in [0, 0.05) is 61.9 Å². The summed E-state index contributed by atoms with van der Waals surface area (Å²) in [5, 5.41) is 15.1. The van der Waals surface area contributed by atoms with Crippen LogP contribution in [0, 0.1) is 12.8 Å². The Labute approximate surface area is 386 Å². The number of rotatable bonds is 22. The van der Waals surface area contributed by atoms with Crippen LogP contribution in [0.2, 0.25) is 0 Å². The van der Waals surface area contributed by atoms with E-state index in [0.717, 1.165) is 16.2 Å². The topological polar surface area (TPSA) is 281 Å². The molecule has 67 heavy (non-hydrogen) atoms. The van der Waals surface area contributed by atoms with Crippen LogP contribution in [0.5, 0.6) is 0 Å². The quantitative estimate of drug-likeness (QED) is 0.0428. The molecule has 21 heteroatoms. The number of nitrogens with one attached hydrogen (secondary N) is 5. The van der Waals surface area contributed by atoms with Crippen molar-refractivity contribution in [1.29, 1.82) is 0 Å². The number of hydrogen-bond acceptors (Lipinski definition) is 12. The number of anilines is 1. The number of hydrogen-bond donors (Lipinski definition) is 6. The minimum absolute atomic E-state index is 0.0661. The van der Waals surface area contributed by atoms with Gasteiger partial charge in [0.1, 0.15) is 36.5 Å². The third-order valence-electron chi connectivity index (χ3n) is 10.8. The van der Waals surface area contributed by atoms with Crippen LogP contribution >= 0.6 is 0 Å². The fourth-order valence-electron chi connectivity index (χ4n) is 7.20. The predicted molar refractivity (Wildman–Crippen MR) is 245 cm³/mol. The molecule has 1 aromatic carbocycles. The highest BCUT2D eigenvalue weighted by atomic mass is 16.6. The maximum atomic E-state index is 13.6. The molecule has 0 bridgehead atoms. The number of pyridine rings is 2. The second kappa shape index (κ2) is 22.8. The molecule has 352 valence electrons. The predicted octanol–water partition coefficient (Wildman–Crippen LogP) is 3.76. The molecule has 5 heterocycles. The van der Waals surface area contributed by atoms with Crippen LogP contribution < -0.4 is 27.0 Å². The number of amides is 8. The minimum atomic E-state index is -1.05.